The first-order valence-electron chi connectivity index (χ1n) is 9.52. The lowest BCUT2D eigenvalue weighted by molar-refractivity contribution is 0.265. The Bertz CT molecular complexity index is 994. The number of nitrogens with zero attached hydrogens (tertiary/aromatic N) is 1. The van der Waals surface area contributed by atoms with Gasteiger partial charge in [-0.1, -0.05) is 18.2 Å². The van der Waals surface area contributed by atoms with Gasteiger partial charge in [-0.2, -0.15) is 0 Å². The molecule has 146 valence electrons. The third-order valence-electron chi connectivity index (χ3n) is 5.62. The number of halogens is 1. The summed E-state index contributed by atoms with van der Waals surface area (Å²) < 4.78 is 25.7. The Balaban J connectivity index is 1.79. The van der Waals surface area contributed by atoms with Crippen molar-refractivity contribution in [2.24, 2.45) is 0 Å². The number of benzene rings is 2. The minimum absolute atomic E-state index is 0.190. The fraction of sp³-hybridized carbons (Fsp3) is 0.304. The van der Waals surface area contributed by atoms with Crippen molar-refractivity contribution in [1.29, 1.82) is 0 Å². The van der Waals surface area contributed by atoms with Gasteiger partial charge < -0.3 is 10.2 Å². The zero-order valence-electron chi connectivity index (χ0n) is 16.5. The third-order valence-corrected chi connectivity index (χ3v) is 6.56. The second kappa shape index (κ2) is 7.74. The molecule has 1 aliphatic heterocycles. The molecule has 0 bridgehead atoms. The van der Waals surface area contributed by atoms with E-state index in [0.29, 0.717) is 0 Å². The molecule has 5 heteroatoms. The molecule has 28 heavy (non-hydrogen) atoms. The van der Waals surface area contributed by atoms with Gasteiger partial charge in [-0.05, 0) is 77.7 Å². The Morgan fingerprint density at radius 1 is 1.18 bits per heavy atom. The van der Waals surface area contributed by atoms with Crippen LogP contribution in [-0.4, -0.2) is 48.1 Å². The van der Waals surface area contributed by atoms with Gasteiger partial charge in [0, 0.05) is 47.6 Å². The predicted octanol–water partition coefficient (Wildman–Crippen LogP) is 3.79. The van der Waals surface area contributed by atoms with E-state index >= 15 is 0 Å². The molecule has 1 fully saturated rings. The van der Waals surface area contributed by atoms with E-state index in [1.54, 1.807) is 12.3 Å². The number of rotatable bonds is 3. The summed E-state index contributed by atoms with van der Waals surface area (Å²) in [6, 6.07) is 13.1. The van der Waals surface area contributed by atoms with Gasteiger partial charge in [0.1, 0.15) is 5.82 Å². The summed E-state index contributed by atoms with van der Waals surface area (Å²) in [5.74, 6) is -0.204. The maximum absolute atomic E-state index is 14.1. The highest BCUT2D eigenvalue weighted by Crippen LogP contribution is 2.44. The van der Waals surface area contributed by atoms with E-state index in [-0.39, 0.29) is 11.9 Å². The fourth-order valence-electron chi connectivity index (χ4n) is 4.17. The maximum atomic E-state index is 14.1. The van der Waals surface area contributed by atoms with Crippen LogP contribution in [-0.2, 0) is 10.8 Å². The zero-order chi connectivity index (χ0) is 19.8. The molecule has 1 heterocycles. The molecule has 2 aliphatic rings. The first-order valence-corrected chi connectivity index (χ1v) is 11.1. The van der Waals surface area contributed by atoms with E-state index < -0.39 is 10.8 Å². The lowest BCUT2D eigenvalue weighted by Gasteiger charge is -2.32. The molecule has 1 aliphatic carbocycles. The van der Waals surface area contributed by atoms with Crippen molar-refractivity contribution in [2.45, 2.75) is 17.9 Å². The van der Waals surface area contributed by atoms with E-state index in [4.69, 9.17) is 0 Å². The average Bonchev–Trinajstić information content (AvgIpc) is 2.93. The van der Waals surface area contributed by atoms with Crippen LogP contribution in [0.5, 0.6) is 0 Å². The van der Waals surface area contributed by atoms with Gasteiger partial charge in [0.25, 0.3) is 0 Å². The number of allylic oxidation sites excluding steroid dienone is 2. The van der Waals surface area contributed by atoms with Crippen LogP contribution in [0.4, 0.5) is 4.39 Å². The van der Waals surface area contributed by atoms with E-state index in [0.717, 1.165) is 46.8 Å². The van der Waals surface area contributed by atoms with Gasteiger partial charge in [-0.3, -0.25) is 4.21 Å². The van der Waals surface area contributed by atoms with Crippen LogP contribution in [0.15, 0.2) is 52.9 Å². The summed E-state index contributed by atoms with van der Waals surface area (Å²) in [6.07, 6.45) is 3.83. The fourth-order valence-corrected chi connectivity index (χ4v) is 4.69. The van der Waals surface area contributed by atoms with Crippen LogP contribution in [0.1, 0.15) is 23.6 Å². The van der Waals surface area contributed by atoms with E-state index in [1.807, 2.05) is 30.3 Å². The lowest BCUT2D eigenvalue weighted by atomic mass is 9.96. The van der Waals surface area contributed by atoms with E-state index in [9.17, 15) is 8.60 Å². The molecule has 0 aromatic heterocycles. The summed E-state index contributed by atoms with van der Waals surface area (Å²) in [5.41, 5.74) is 6.63. The second-order valence-electron chi connectivity index (χ2n) is 7.58. The Kier molecular flexibility index (Phi) is 5.32. The summed E-state index contributed by atoms with van der Waals surface area (Å²) >= 11 is 0. The van der Waals surface area contributed by atoms with Gasteiger partial charge in [0.2, 0.25) is 0 Å². The maximum Gasteiger partial charge on any atom is 0.123 e. The van der Waals surface area contributed by atoms with Crippen molar-refractivity contribution >= 4 is 28.0 Å². The normalized spacial score (nSPS) is 22.6. The SMILES string of the molecule is CC1=C(C2CN(C)CCN2)c2cc(F)ccc2C1=Cc1ccc(S(C)=O)cc1. The van der Waals surface area contributed by atoms with Crippen LogP contribution in [0.2, 0.25) is 0 Å². The topological polar surface area (TPSA) is 32.3 Å². The van der Waals surface area contributed by atoms with Crippen LogP contribution in [0.3, 0.4) is 0 Å². The van der Waals surface area contributed by atoms with Crippen LogP contribution in [0.25, 0.3) is 17.2 Å². The highest BCUT2D eigenvalue weighted by atomic mass is 32.2. The summed E-state index contributed by atoms with van der Waals surface area (Å²) in [5, 5.41) is 3.60. The van der Waals surface area contributed by atoms with Crippen molar-refractivity contribution in [2.75, 3.05) is 32.9 Å². The lowest BCUT2D eigenvalue weighted by Crippen LogP contribution is -2.49. The molecule has 1 saturated heterocycles. The summed E-state index contributed by atoms with van der Waals surface area (Å²) in [7, 11) is 1.14. The molecular formula is C23H25FN2OS. The van der Waals surface area contributed by atoms with Gasteiger partial charge >= 0.3 is 0 Å². The van der Waals surface area contributed by atoms with Crippen molar-refractivity contribution in [3.05, 3.63) is 70.5 Å². The monoisotopic (exact) mass is 396 g/mol. The third kappa shape index (κ3) is 3.62. The highest BCUT2D eigenvalue weighted by Gasteiger charge is 2.31. The van der Waals surface area contributed by atoms with Gasteiger partial charge in [-0.25, -0.2) is 4.39 Å². The minimum Gasteiger partial charge on any atom is -0.308 e. The molecule has 2 aromatic rings. The molecule has 2 unspecified atom stereocenters. The molecule has 0 amide bonds. The Labute approximate surface area is 168 Å². The number of likely N-dealkylation sites (N-methyl/N-ethyl adjacent to an activating group) is 1. The number of fused-ring (bicyclic) bond motifs is 1. The first kappa shape index (κ1) is 19.2. The molecule has 0 radical (unpaired) electrons. The smallest absolute Gasteiger partial charge is 0.123 e. The number of nitrogens with one attached hydrogen (secondary N) is 1. The zero-order valence-corrected chi connectivity index (χ0v) is 17.3. The van der Waals surface area contributed by atoms with E-state index in [2.05, 4.69) is 30.3 Å². The van der Waals surface area contributed by atoms with Crippen molar-refractivity contribution in [1.82, 2.24) is 10.2 Å². The summed E-state index contributed by atoms with van der Waals surface area (Å²) in [6.45, 7) is 4.99. The van der Waals surface area contributed by atoms with Crippen molar-refractivity contribution in [3.63, 3.8) is 0 Å². The molecule has 2 aromatic carbocycles. The van der Waals surface area contributed by atoms with E-state index in [1.165, 1.54) is 17.2 Å². The highest BCUT2D eigenvalue weighted by molar-refractivity contribution is 7.84. The molecular weight excluding hydrogens is 371 g/mol. The standard InChI is InChI=1S/C23H25FN2OS/c1-15-20(12-16-4-7-18(8-5-16)28(3)27)19-9-6-17(24)13-21(19)23(15)22-14-26(2)11-10-25-22/h4-9,12-13,22,25H,10-11,14H2,1-3H3. The Morgan fingerprint density at radius 2 is 1.93 bits per heavy atom. The second-order valence-corrected chi connectivity index (χ2v) is 8.96. The molecule has 2 atom stereocenters. The molecule has 4 rings (SSSR count). The van der Waals surface area contributed by atoms with Gasteiger partial charge in [0.15, 0.2) is 0 Å². The number of piperazine rings is 1. The predicted molar refractivity (Wildman–Crippen MR) is 115 cm³/mol. The van der Waals surface area contributed by atoms with Gasteiger partial charge in [-0.15, -0.1) is 0 Å². The minimum atomic E-state index is -0.984. The molecule has 3 nitrogen and oxygen atoms in total. The first-order chi connectivity index (χ1) is 13.4. The molecule has 0 saturated carbocycles. The average molecular weight is 397 g/mol. The molecule has 1 N–H and O–H groups in total. The van der Waals surface area contributed by atoms with Crippen LogP contribution >= 0.6 is 0 Å². The van der Waals surface area contributed by atoms with Crippen LogP contribution < -0.4 is 5.32 Å². The quantitative estimate of drug-likeness (QED) is 0.857. The number of hydrogen-bond donors (Lipinski definition) is 1. The Hall–Kier alpha value is -2.08. The largest absolute Gasteiger partial charge is 0.308 e. The molecule has 0 spiro atoms. The van der Waals surface area contributed by atoms with Gasteiger partial charge in [0.05, 0.1) is 0 Å². The Morgan fingerprint density at radius 3 is 2.61 bits per heavy atom. The summed E-state index contributed by atoms with van der Waals surface area (Å²) in [4.78, 5) is 3.13. The van der Waals surface area contributed by atoms with Crippen molar-refractivity contribution < 1.29 is 8.60 Å². The van der Waals surface area contributed by atoms with Crippen molar-refractivity contribution in [3.8, 4) is 0 Å². The number of hydrogen-bond acceptors (Lipinski definition) is 3. The van der Waals surface area contributed by atoms with Crippen LogP contribution in [0, 0.1) is 5.82 Å².